The summed E-state index contributed by atoms with van der Waals surface area (Å²) in [6, 6.07) is 12.2. The van der Waals surface area contributed by atoms with Crippen molar-refractivity contribution in [1.82, 2.24) is 14.9 Å². The first-order chi connectivity index (χ1) is 13.5. The molecular formula is C22H25BrN4O. The molecule has 0 atom stereocenters. The maximum atomic E-state index is 12.6. The predicted octanol–water partition coefficient (Wildman–Crippen LogP) is 4.79. The standard InChI is InChI=1S/C22H25BrN4O/c1-14-3-6-19-20(11-14)26-21(25-19)13-27-9-7-16(8-10-27)22(28)24-17-4-5-18(23)15(2)12-17/h3-6,11-12,16H,7-10,13H2,1-2H3,(H,24,28)(H,25,26). The van der Waals surface area contributed by atoms with Crippen LogP contribution in [0.3, 0.4) is 0 Å². The Morgan fingerprint density at radius 3 is 2.75 bits per heavy atom. The van der Waals surface area contributed by atoms with E-state index in [4.69, 9.17) is 4.98 Å². The molecule has 0 radical (unpaired) electrons. The van der Waals surface area contributed by atoms with Gasteiger partial charge in [-0.1, -0.05) is 22.0 Å². The number of piperidine rings is 1. The van der Waals surface area contributed by atoms with Gasteiger partial charge in [0.25, 0.3) is 0 Å². The summed E-state index contributed by atoms with van der Waals surface area (Å²) in [5, 5.41) is 3.07. The van der Waals surface area contributed by atoms with Crippen LogP contribution in [0.25, 0.3) is 11.0 Å². The number of nitrogens with one attached hydrogen (secondary N) is 2. The molecule has 0 aliphatic carbocycles. The second kappa shape index (κ2) is 8.05. The summed E-state index contributed by atoms with van der Waals surface area (Å²) in [5.41, 5.74) is 5.32. The van der Waals surface area contributed by atoms with Gasteiger partial charge >= 0.3 is 0 Å². The number of likely N-dealkylation sites (tertiary alicyclic amines) is 1. The number of anilines is 1. The van der Waals surface area contributed by atoms with Crippen LogP contribution in [-0.2, 0) is 11.3 Å². The number of aryl methyl sites for hydroxylation is 2. The first-order valence-corrected chi connectivity index (χ1v) is 10.5. The number of amides is 1. The van der Waals surface area contributed by atoms with Crippen LogP contribution in [0.4, 0.5) is 5.69 Å². The molecule has 1 saturated heterocycles. The number of benzene rings is 2. The lowest BCUT2D eigenvalue weighted by Crippen LogP contribution is -2.38. The van der Waals surface area contributed by atoms with E-state index in [1.165, 1.54) is 5.56 Å². The molecule has 5 nitrogen and oxygen atoms in total. The van der Waals surface area contributed by atoms with Crippen molar-refractivity contribution in [2.24, 2.45) is 5.92 Å². The van der Waals surface area contributed by atoms with E-state index in [2.05, 4.69) is 56.3 Å². The normalized spacial score (nSPS) is 15.8. The molecule has 1 aliphatic heterocycles. The van der Waals surface area contributed by atoms with Crippen molar-refractivity contribution in [2.45, 2.75) is 33.2 Å². The highest BCUT2D eigenvalue weighted by Gasteiger charge is 2.25. The Hall–Kier alpha value is -2.18. The third kappa shape index (κ3) is 4.28. The van der Waals surface area contributed by atoms with Gasteiger partial charge in [-0.05, 0) is 81.2 Å². The number of imidazole rings is 1. The molecule has 1 amide bonds. The van der Waals surface area contributed by atoms with Crippen LogP contribution in [0, 0.1) is 19.8 Å². The van der Waals surface area contributed by atoms with Crippen molar-refractivity contribution in [3.05, 3.63) is 57.8 Å². The number of H-pyrrole nitrogens is 1. The monoisotopic (exact) mass is 440 g/mol. The molecule has 1 aromatic heterocycles. The Balaban J connectivity index is 1.32. The quantitative estimate of drug-likeness (QED) is 0.612. The van der Waals surface area contributed by atoms with Crippen molar-refractivity contribution in [1.29, 1.82) is 0 Å². The molecule has 2 aromatic carbocycles. The molecule has 3 aromatic rings. The Bertz CT molecular complexity index is 1000. The van der Waals surface area contributed by atoms with Gasteiger partial charge in [-0.2, -0.15) is 0 Å². The average Bonchev–Trinajstić information content (AvgIpc) is 3.06. The van der Waals surface area contributed by atoms with Crippen LogP contribution < -0.4 is 5.32 Å². The molecule has 0 unspecified atom stereocenters. The second-order valence-corrected chi connectivity index (χ2v) is 8.56. The molecular weight excluding hydrogens is 416 g/mol. The summed E-state index contributed by atoms with van der Waals surface area (Å²) in [6.07, 6.45) is 1.75. The molecule has 1 aliphatic rings. The summed E-state index contributed by atoms with van der Waals surface area (Å²) in [5.74, 6) is 1.19. The summed E-state index contributed by atoms with van der Waals surface area (Å²) in [6.45, 7) is 6.73. The summed E-state index contributed by atoms with van der Waals surface area (Å²) >= 11 is 3.49. The van der Waals surface area contributed by atoms with E-state index in [1.807, 2.05) is 25.1 Å². The SMILES string of the molecule is Cc1ccc2nc(CN3CCC(C(=O)Nc4ccc(Br)c(C)c4)CC3)[nH]c2c1. The van der Waals surface area contributed by atoms with Gasteiger partial charge in [0.15, 0.2) is 0 Å². The molecule has 1 fully saturated rings. The molecule has 6 heteroatoms. The first kappa shape index (κ1) is 19.2. The number of aromatic nitrogens is 2. The van der Waals surface area contributed by atoms with E-state index >= 15 is 0 Å². The fourth-order valence-electron chi connectivity index (χ4n) is 3.78. The average molecular weight is 441 g/mol. The third-order valence-corrected chi connectivity index (χ3v) is 6.33. The Morgan fingerprint density at radius 2 is 2.00 bits per heavy atom. The lowest BCUT2D eigenvalue weighted by Gasteiger charge is -2.30. The fourth-order valence-corrected chi connectivity index (χ4v) is 4.03. The van der Waals surface area contributed by atoms with Crippen LogP contribution >= 0.6 is 15.9 Å². The number of fused-ring (bicyclic) bond motifs is 1. The molecule has 4 rings (SSSR count). The number of carbonyl (C=O) groups excluding carboxylic acids is 1. The van der Waals surface area contributed by atoms with Gasteiger partial charge in [0.2, 0.25) is 5.91 Å². The first-order valence-electron chi connectivity index (χ1n) is 9.72. The largest absolute Gasteiger partial charge is 0.341 e. The predicted molar refractivity (Wildman–Crippen MR) is 116 cm³/mol. The van der Waals surface area contributed by atoms with E-state index in [-0.39, 0.29) is 11.8 Å². The van der Waals surface area contributed by atoms with Crippen molar-refractivity contribution < 1.29 is 4.79 Å². The zero-order chi connectivity index (χ0) is 19.7. The maximum absolute atomic E-state index is 12.6. The lowest BCUT2D eigenvalue weighted by molar-refractivity contribution is -0.121. The number of hydrogen-bond donors (Lipinski definition) is 2. The minimum Gasteiger partial charge on any atom is -0.341 e. The highest BCUT2D eigenvalue weighted by Crippen LogP contribution is 2.24. The lowest BCUT2D eigenvalue weighted by atomic mass is 9.95. The van der Waals surface area contributed by atoms with Crippen molar-refractivity contribution >= 4 is 38.6 Å². The number of hydrogen-bond acceptors (Lipinski definition) is 3. The fraction of sp³-hybridized carbons (Fsp3) is 0.364. The molecule has 146 valence electrons. The van der Waals surface area contributed by atoms with Gasteiger partial charge in [0.1, 0.15) is 5.82 Å². The van der Waals surface area contributed by atoms with Crippen LogP contribution in [0.2, 0.25) is 0 Å². The summed E-state index contributed by atoms with van der Waals surface area (Å²) < 4.78 is 1.06. The van der Waals surface area contributed by atoms with E-state index in [1.54, 1.807) is 0 Å². The Labute approximate surface area is 173 Å². The molecule has 0 bridgehead atoms. The van der Waals surface area contributed by atoms with Crippen LogP contribution in [-0.4, -0.2) is 33.9 Å². The minimum atomic E-state index is 0.0681. The Morgan fingerprint density at radius 1 is 1.21 bits per heavy atom. The molecule has 2 N–H and O–H groups in total. The topological polar surface area (TPSA) is 61.0 Å². The molecule has 28 heavy (non-hydrogen) atoms. The van der Waals surface area contributed by atoms with Crippen molar-refractivity contribution in [2.75, 3.05) is 18.4 Å². The number of halogens is 1. The minimum absolute atomic E-state index is 0.0681. The maximum Gasteiger partial charge on any atom is 0.227 e. The van der Waals surface area contributed by atoms with E-state index < -0.39 is 0 Å². The second-order valence-electron chi connectivity index (χ2n) is 7.71. The number of aromatic amines is 1. The van der Waals surface area contributed by atoms with Gasteiger partial charge < -0.3 is 10.3 Å². The number of rotatable bonds is 4. The van der Waals surface area contributed by atoms with Crippen LogP contribution in [0.1, 0.15) is 29.8 Å². The highest BCUT2D eigenvalue weighted by atomic mass is 79.9. The number of carbonyl (C=O) groups is 1. The molecule has 2 heterocycles. The summed E-state index contributed by atoms with van der Waals surface area (Å²) in [4.78, 5) is 23.1. The zero-order valence-corrected chi connectivity index (χ0v) is 17.8. The Kier molecular flexibility index (Phi) is 5.51. The van der Waals surface area contributed by atoms with E-state index in [9.17, 15) is 4.79 Å². The van der Waals surface area contributed by atoms with Gasteiger partial charge in [-0.25, -0.2) is 4.98 Å². The van der Waals surface area contributed by atoms with Crippen LogP contribution in [0.5, 0.6) is 0 Å². The third-order valence-electron chi connectivity index (χ3n) is 5.44. The zero-order valence-electron chi connectivity index (χ0n) is 16.3. The van der Waals surface area contributed by atoms with Gasteiger partial charge in [0.05, 0.1) is 17.6 Å². The highest BCUT2D eigenvalue weighted by molar-refractivity contribution is 9.10. The van der Waals surface area contributed by atoms with Gasteiger partial charge in [0, 0.05) is 16.1 Å². The molecule has 0 spiro atoms. The number of nitrogens with zero attached hydrogens (tertiary/aromatic N) is 2. The molecule has 0 saturated carbocycles. The smallest absolute Gasteiger partial charge is 0.227 e. The van der Waals surface area contributed by atoms with Gasteiger partial charge in [-0.3, -0.25) is 9.69 Å². The van der Waals surface area contributed by atoms with E-state index in [0.29, 0.717) is 0 Å². The van der Waals surface area contributed by atoms with Crippen molar-refractivity contribution in [3.8, 4) is 0 Å². The van der Waals surface area contributed by atoms with Crippen LogP contribution in [0.15, 0.2) is 40.9 Å². The summed E-state index contributed by atoms with van der Waals surface area (Å²) in [7, 11) is 0. The van der Waals surface area contributed by atoms with Gasteiger partial charge in [-0.15, -0.1) is 0 Å². The van der Waals surface area contributed by atoms with E-state index in [0.717, 1.165) is 65.1 Å². The van der Waals surface area contributed by atoms with Crippen molar-refractivity contribution in [3.63, 3.8) is 0 Å².